The lowest BCUT2D eigenvalue weighted by Crippen LogP contribution is -2.30. The summed E-state index contributed by atoms with van der Waals surface area (Å²) in [5.74, 6) is -0.620. The van der Waals surface area contributed by atoms with Gasteiger partial charge in [0.05, 0.1) is 10.9 Å². The zero-order chi connectivity index (χ0) is 20.7. The first-order chi connectivity index (χ1) is 13.3. The van der Waals surface area contributed by atoms with E-state index in [9.17, 15) is 17.6 Å². The molecule has 0 spiro atoms. The van der Waals surface area contributed by atoms with Crippen LogP contribution in [0.3, 0.4) is 0 Å². The maximum Gasteiger partial charge on any atom is 0.244 e. The number of rotatable bonds is 8. The topological polar surface area (TPSA) is 66.5 Å². The van der Waals surface area contributed by atoms with Gasteiger partial charge in [0.25, 0.3) is 0 Å². The molecule has 0 saturated carbocycles. The van der Waals surface area contributed by atoms with Gasteiger partial charge in [0.1, 0.15) is 5.82 Å². The van der Waals surface area contributed by atoms with Gasteiger partial charge >= 0.3 is 0 Å². The van der Waals surface area contributed by atoms with Gasteiger partial charge in [-0.25, -0.2) is 12.8 Å². The molecule has 7 heteroatoms. The predicted molar refractivity (Wildman–Crippen MR) is 109 cm³/mol. The second kappa shape index (κ2) is 9.61. The van der Waals surface area contributed by atoms with E-state index in [0.717, 1.165) is 5.56 Å². The zero-order valence-electron chi connectivity index (χ0n) is 16.2. The Hall–Kier alpha value is -2.51. The van der Waals surface area contributed by atoms with E-state index in [1.54, 1.807) is 44.2 Å². The van der Waals surface area contributed by atoms with Crippen LogP contribution in [0.25, 0.3) is 6.08 Å². The molecule has 0 radical (unpaired) electrons. The summed E-state index contributed by atoms with van der Waals surface area (Å²) >= 11 is 0. The molecule has 2 rings (SSSR count). The molecule has 150 valence electrons. The fourth-order valence-electron chi connectivity index (χ4n) is 2.73. The van der Waals surface area contributed by atoms with Crippen molar-refractivity contribution in [3.8, 4) is 0 Å². The summed E-state index contributed by atoms with van der Waals surface area (Å²) in [4.78, 5) is 12.3. The van der Waals surface area contributed by atoms with Crippen LogP contribution in [0.4, 0.5) is 4.39 Å². The molecule has 0 aliphatic rings. The van der Waals surface area contributed by atoms with Crippen LogP contribution < -0.4 is 5.32 Å². The number of sulfonamides is 1. The van der Waals surface area contributed by atoms with Gasteiger partial charge in [0.2, 0.25) is 15.9 Å². The summed E-state index contributed by atoms with van der Waals surface area (Å²) in [6.45, 7) is 6.22. The molecular weight excluding hydrogens is 379 g/mol. The molecule has 0 bridgehead atoms. The molecule has 0 fully saturated rings. The van der Waals surface area contributed by atoms with Crippen LogP contribution in [0.15, 0.2) is 59.5 Å². The van der Waals surface area contributed by atoms with E-state index in [2.05, 4.69) is 5.32 Å². The summed E-state index contributed by atoms with van der Waals surface area (Å²) < 4.78 is 39.3. The van der Waals surface area contributed by atoms with Crippen molar-refractivity contribution in [3.05, 3.63) is 71.6 Å². The number of hydrogen-bond donors (Lipinski definition) is 1. The first kappa shape index (κ1) is 21.8. The fraction of sp³-hybridized carbons (Fsp3) is 0.286. The highest BCUT2D eigenvalue weighted by Crippen LogP contribution is 2.17. The van der Waals surface area contributed by atoms with Gasteiger partial charge in [-0.15, -0.1) is 0 Å². The lowest BCUT2D eigenvalue weighted by molar-refractivity contribution is -0.117. The van der Waals surface area contributed by atoms with Gasteiger partial charge in [0.15, 0.2) is 0 Å². The van der Waals surface area contributed by atoms with Gasteiger partial charge < -0.3 is 5.32 Å². The Bertz CT molecular complexity index is 919. The van der Waals surface area contributed by atoms with E-state index in [1.807, 2.05) is 6.92 Å². The van der Waals surface area contributed by atoms with Crippen molar-refractivity contribution >= 4 is 22.0 Å². The molecule has 1 N–H and O–H groups in total. The molecular formula is C21H25FN2O3S. The number of amides is 1. The summed E-state index contributed by atoms with van der Waals surface area (Å²) in [6, 6.07) is 12.1. The molecule has 0 unspecified atom stereocenters. The molecule has 1 amide bonds. The largest absolute Gasteiger partial charge is 0.346 e. The van der Waals surface area contributed by atoms with E-state index in [-0.39, 0.29) is 22.7 Å². The predicted octanol–water partition coefficient (Wildman–Crippen LogP) is 3.75. The van der Waals surface area contributed by atoms with Gasteiger partial charge in [-0.05, 0) is 48.4 Å². The summed E-state index contributed by atoms with van der Waals surface area (Å²) in [5, 5.41) is 2.80. The fourth-order valence-corrected chi connectivity index (χ4v) is 4.19. The molecule has 0 saturated heterocycles. The van der Waals surface area contributed by atoms with E-state index in [1.165, 1.54) is 34.6 Å². The monoisotopic (exact) mass is 404 g/mol. The number of carbonyl (C=O) groups is 1. The van der Waals surface area contributed by atoms with Crippen LogP contribution in [-0.2, 0) is 14.8 Å². The van der Waals surface area contributed by atoms with Gasteiger partial charge in [-0.3, -0.25) is 4.79 Å². The Morgan fingerprint density at radius 2 is 1.64 bits per heavy atom. The van der Waals surface area contributed by atoms with Crippen LogP contribution in [0.1, 0.15) is 37.9 Å². The number of nitrogens with one attached hydrogen (secondary N) is 1. The Morgan fingerprint density at radius 1 is 1.07 bits per heavy atom. The maximum atomic E-state index is 13.0. The molecule has 2 aromatic rings. The Kier molecular flexibility index (Phi) is 7.48. The van der Waals surface area contributed by atoms with Crippen molar-refractivity contribution in [2.24, 2.45) is 0 Å². The van der Waals surface area contributed by atoms with Crippen molar-refractivity contribution in [2.75, 3.05) is 13.1 Å². The lowest BCUT2D eigenvalue weighted by Gasteiger charge is -2.18. The maximum absolute atomic E-state index is 13.0. The van der Waals surface area contributed by atoms with Crippen molar-refractivity contribution in [3.63, 3.8) is 0 Å². The van der Waals surface area contributed by atoms with E-state index in [0.29, 0.717) is 18.7 Å². The number of carbonyl (C=O) groups excluding carboxylic acids is 1. The molecule has 1 atom stereocenters. The van der Waals surface area contributed by atoms with E-state index < -0.39 is 10.0 Å². The number of halogens is 1. The standard InChI is InChI=1S/C21H25FN2O3S/c1-4-24(5-2)28(26,27)20-13-6-17(7-14-20)8-15-21(25)23-16(3)18-9-11-19(22)12-10-18/h6-16H,4-5H2,1-3H3,(H,23,25)/b15-8+/t16-/m0/s1. The highest BCUT2D eigenvalue weighted by molar-refractivity contribution is 7.89. The zero-order valence-corrected chi connectivity index (χ0v) is 17.0. The van der Waals surface area contributed by atoms with Gasteiger partial charge in [-0.1, -0.05) is 38.1 Å². The molecule has 5 nitrogen and oxygen atoms in total. The van der Waals surface area contributed by atoms with E-state index >= 15 is 0 Å². The molecule has 0 aliphatic heterocycles. The smallest absolute Gasteiger partial charge is 0.244 e. The first-order valence-electron chi connectivity index (χ1n) is 9.12. The van der Waals surface area contributed by atoms with Crippen LogP contribution >= 0.6 is 0 Å². The van der Waals surface area contributed by atoms with Crippen LogP contribution in [0.2, 0.25) is 0 Å². The minimum absolute atomic E-state index is 0.225. The molecule has 0 heterocycles. The van der Waals surface area contributed by atoms with Crippen LogP contribution in [0.5, 0.6) is 0 Å². The average molecular weight is 405 g/mol. The van der Waals surface area contributed by atoms with Gasteiger partial charge in [-0.2, -0.15) is 4.31 Å². The quantitative estimate of drug-likeness (QED) is 0.682. The summed E-state index contributed by atoms with van der Waals surface area (Å²) in [5.41, 5.74) is 1.51. The number of hydrogen-bond acceptors (Lipinski definition) is 3. The Labute approximate surface area is 165 Å². The first-order valence-corrected chi connectivity index (χ1v) is 10.6. The third-order valence-electron chi connectivity index (χ3n) is 4.38. The van der Waals surface area contributed by atoms with Gasteiger partial charge in [0, 0.05) is 19.2 Å². The third-order valence-corrected chi connectivity index (χ3v) is 6.44. The minimum Gasteiger partial charge on any atom is -0.346 e. The Morgan fingerprint density at radius 3 is 2.18 bits per heavy atom. The molecule has 0 aliphatic carbocycles. The Balaban J connectivity index is 2.02. The summed E-state index contributed by atoms with van der Waals surface area (Å²) in [6.07, 6.45) is 2.99. The molecule has 0 aromatic heterocycles. The number of benzene rings is 2. The number of nitrogens with zero attached hydrogens (tertiary/aromatic N) is 1. The normalized spacial score (nSPS) is 13.0. The third kappa shape index (κ3) is 5.50. The second-order valence-corrected chi connectivity index (χ2v) is 8.21. The lowest BCUT2D eigenvalue weighted by atomic mass is 10.1. The van der Waals surface area contributed by atoms with E-state index in [4.69, 9.17) is 0 Å². The molecule has 2 aromatic carbocycles. The minimum atomic E-state index is -3.50. The van der Waals surface area contributed by atoms with Crippen molar-refractivity contribution in [1.82, 2.24) is 9.62 Å². The molecule has 28 heavy (non-hydrogen) atoms. The average Bonchev–Trinajstić information content (AvgIpc) is 2.68. The second-order valence-electron chi connectivity index (χ2n) is 6.27. The van der Waals surface area contributed by atoms with Crippen LogP contribution in [-0.4, -0.2) is 31.7 Å². The van der Waals surface area contributed by atoms with Crippen LogP contribution in [0, 0.1) is 5.82 Å². The van der Waals surface area contributed by atoms with Crippen molar-refractivity contribution in [2.45, 2.75) is 31.7 Å². The van der Waals surface area contributed by atoms with Crippen molar-refractivity contribution in [1.29, 1.82) is 0 Å². The highest BCUT2D eigenvalue weighted by Gasteiger charge is 2.20. The summed E-state index contributed by atoms with van der Waals surface area (Å²) in [7, 11) is -3.50. The SMILES string of the molecule is CCN(CC)S(=O)(=O)c1ccc(/C=C/C(=O)N[C@@H](C)c2ccc(F)cc2)cc1. The highest BCUT2D eigenvalue weighted by atomic mass is 32.2. The van der Waals surface area contributed by atoms with Crippen molar-refractivity contribution < 1.29 is 17.6 Å².